The van der Waals surface area contributed by atoms with E-state index in [1.165, 1.54) is 0 Å². The van der Waals surface area contributed by atoms with Gasteiger partial charge < -0.3 is 15.8 Å². The molecular weight excluding hydrogens is 170 g/mol. The summed E-state index contributed by atoms with van der Waals surface area (Å²) >= 11 is 0. The molecular formula is C8H15N3O2. The molecule has 13 heavy (non-hydrogen) atoms. The van der Waals surface area contributed by atoms with Crippen LogP contribution in [-0.4, -0.2) is 49.3 Å². The molecule has 0 aliphatic carbocycles. The number of alkyl carbamates (subject to hydrolysis) is 1. The highest BCUT2D eigenvalue weighted by atomic mass is 16.6. The maximum Gasteiger partial charge on any atom is 0.407 e. The van der Waals surface area contributed by atoms with Crippen LogP contribution in [0.25, 0.3) is 0 Å². The first-order valence-corrected chi connectivity index (χ1v) is 4.66. The molecule has 0 spiro atoms. The van der Waals surface area contributed by atoms with Gasteiger partial charge in [-0.1, -0.05) is 0 Å². The Morgan fingerprint density at radius 1 is 1.69 bits per heavy atom. The monoisotopic (exact) mass is 185 g/mol. The van der Waals surface area contributed by atoms with Gasteiger partial charge in [0.05, 0.1) is 6.54 Å². The molecule has 2 rings (SSSR count). The number of amides is 1. The number of ether oxygens (including phenoxy) is 1. The third kappa shape index (κ3) is 2.10. The van der Waals surface area contributed by atoms with Crippen molar-refractivity contribution in [3.8, 4) is 0 Å². The molecule has 2 heterocycles. The van der Waals surface area contributed by atoms with E-state index in [1.807, 2.05) is 0 Å². The number of likely N-dealkylation sites (tertiary alicyclic amines) is 1. The van der Waals surface area contributed by atoms with Crippen LogP contribution in [0.5, 0.6) is 0 Å². The van der Waals surface area contributed by atoms with E-state index in [9.17, 15) is 4.79 Å². The summed E-state index contributed by atoms with van der Waals surface area (Å²) in [5, 5.41) is 2.64. The minimum absolute atomic E-state index is 0.0119. The van der Waals surface area contributed by atoms with E-state index in [4.69, 9.17) is 10.5 Å². The molecule has 5 heteroatoms. The van der Waals surface area contributed by atoms with Crippen molar-refractivity contribution in [1.29, 1.82) is 0 Å². The fourth-order valence-electron chi connectivity index (χ4n) is 1.85. The lowest BCUT2D eigenvalue weighted by atomic mass is 10.3. The van der Waals surface area contributed by atoms with Crippen molar-refractivity contribution in [2.45, 2.75) is 18.6 Å². The molecule has 2 fully saturated rings. The SMILES string of the molecule is N[C@@H]1CCN(C[C@@H]2CNC(=O)O2)C1. The smallest absolute Gasteiger partial charge is 0.407 e. The summed E-state index contributed by atoms with van der Waals surface area (Å²) in [4.78, 5) is 13.0. The van der Waals surface area contributed by atoms with Crippen molar-refractivity contribution < 1.29 is 9.53 Å². The van der Waals surface area contributed by atoms with Crippen LogP contribution in [0, 0.1) is 0 Å². The van der Waals surface area contributed by atoms with Gasteiger partial charge in [0.25, 0.3) is 0 Å². The van der Waals surface area contributed by atoms with Crippen LogP contribution in [0.2, 0.25) is 0 Å². The van der Waals surface area contributed by atoms with Gasteiger partial charge in [0.1, 0.15) is 6.10 Å². The van der Waals surface area contributed by atoms with Crippen molar-refractivity contribution in [2.75, 3.05) is 26.2 Å². The van der Waals surface area contributed by atoms with Crippen LogP contribution in [0.3, 0.4) is 0 Å². The van der Waals surface area contributed by atoms with Crippen LogP contribution in [-0.2, 0) is 4.74 Å². The molecule has 2 aliphatic rings. The van der Waals surface area contributed by atoms with Gasteiger partial charge in [0.2, 0.25) is 0 Å². The molecule has 74 valence electrons. The quantitative estimate of drug-likeness (QED) is 0.586. The van der Waals surface area contributed by atoms with Gasteiger partial charge in [0, 0.05) is 19.1 Å². The van der Waals surface area contributed by atoms with Crippen molar-refractivity contribution in [3.05, 3.63) is 0 Å². The van der Waals surface area contributed by atoms with Crippen LogP contribution in [0.15, 0.2) is 0 Å². The molecule has 1 amide bonds. The van der Waals surface area contributed by atoms with Crippen molar-refractivity contribution >= 4 is 6.09 Å². The highest BCUT2D eigenvalue weighted by molar-refractivity contribution is 5.69. The number of nitrogens with one attached hydrogen (secondary N) is 1. The van der Waals surface area contributed by atoms with Crippen molar-refractivity contribution in [2.24, 2.45) is 5.73 Å². The summed E-state index contributed by atoms with van der Waals surface area (Å²) in [5.41, 5.74) is 5.76. The molecule has 0 saturated carbocycles. The Hall–Kier alpha value is -0.810. The van der Waals surface area contributed by atoms with E-state index in [-0.39, 0.29) is 12.2 Å². The summed E-state index contributed by atoms with van der Waals surface area (Å²) < 4.78 is 5.03. The Kier molecular flexibility index (Phi) is 2.37. The van der Waals surface area contributed by atoms with Gasteiger partial charge in [0.15, 0.2) is 0 Å². The van der Waals surface area contributed by atoms with Crippen LogP contribution >= 0.6 is 0 Å². The number of hydrogen-bond acceptors (Lipinski definition) is 4. The molecule has 0 bridgehead atoms. The first kappa shape index (κ1) is 8.77. The zero-order valence-corrected chi connectivity index (χ0v) is 7.53. The van der Waals surface area contributed by atoms with Crippen molar-refractivity contribution in [1.82, 2.24) is 10.2 Å². The van der Waals surface area contributed by atoms with E-state index >= 15 is 0 Å². The van der Waals surface area contributed by atoms with Gasteiger partial charge in [-0.25, -0.2) is 4.79 Å². The fourth-order valence-corrected chi connectivity index (χ4v) is 1.85. The third-order valence-corrected chi connectivity index (χ3v) is 2.52. The molecule has 2 atom stereocenters. The van der Waals surface area contributed by atoms with Crippen LogP contribution < -0.4 is 11.1 Å². The Morgan fingerprint density at radius 2 is 2.54 bits per heavy atom. The number of cyclic esters (lactones) is 1. The van der Waals surface area contributed by atoms with Gasteiger partial charge in [-0.2, -0.15) is 0 Å². The van der Waals surface area contributed by atoms with Gasteiger partial charge in [-0.05, 0) is 13.0 Å². The topological polar surface area (TPSA) is 67.6 Å². The third-order valence-electron chi connectivity index (χ3n) is 2.52. The maximum absolute atomic E-state index is 10.7. The molecule has 0 unspecified atom stereocenters. The molecule has 2 saturated heterocycles. The average molecular weight is 185 g/mol. The minimum Gasteiger partial charge on any atom is -0.443 e. The Morgan fingerprint density at radius 3 is 3.08 bits per heavy atom. The summed E-state index contributed by atoms with van der Waals surface area (Å²) in [5.74, 6) is 0. The summed E-state index contributed by atoms with van der Waals surface area (Å²) in [6, 6.07) is 0.296. The zero-order valence-electron chi connectivity index (χ0n) is 7.53. The van der Waals surface area contributed by atoms with Gasteiger partial charge in [-0.3, -0.25) is 4.90 Å². The number of hydrogen-bond donors (Lipinski definition) is 2. The molecule has 0 aromatic rings. The molecule has 0 aromatic carbocycles. The molecule has 0 aromatic heterocycles. The zero-order chi connectivity index (χ0) is 9.26. The predicted molar refractivity (Wildman–Crippen MR) is 47.3 cm³/mol. The lowest BCUT2D eigenvalue weighted by molar-refractivity contribution is 0.116. The molecule has 2 aliphatic heterocycles. The molecule has 3 N–H and O–H groups in total. The van der Waals surface area contributed by atoms with Gasteiger partial charge >= 0.3 is 6.09 Å². The predicted octanol–water partition coefficient (Wildman–Crippen LogP) is -0.872. The number of carbonyl (C=O) groups is 1. The normalized spacial score (nSPS) is 34.7. The first-order valence-electron chi connectivity index (χ1n) is 4.66. The van der Waals surface area contributed by atoms with E-state index in [0.29, 0.717) is 12.6 Å². The van der Waals surface area contributed by atoms with E-state index in [0.717, 1.165) is 26.1 Å². The van der Waals surface area contributed by atoms with Gasteiger partial charge in [-0.15, -0.1) is 0 Å². The number of carbonyl (C=O) groups excluding carboxylic acids is 1. The Labute approximate surface area is 77.2 Å². The minimum atomic E-state index is -0.298. The summed E-state index contributed by atoms with van der Waals surface area (Å²) in [7, 11) is 0. The average Bonchev–Trinajstić information content (AvgIpc) is 2.62. The van der Waals surface area contributed by atoms with Crippen LogP contribution in [0.1, 0.15) is 6.42 Å². The largest absolute Gasteiger partial charge is 0.443 e. The highest BCUT2D eigenvalue weighted by Crippen LogP contribution is 2.10. The Balaban J connectivity index is 1.75. The van der Waals surface area contributed by atoms with E-state index in [2.05, 4.69) is 10.2 Å². The highest BCUT2D eigenvalue weighted by Gasteiger charge is 2.27. The lowest BCUT2D eigenvalue weighted by Crippen LogP contribution is -2.34. The van der Waals surface area contributed by atoms with E-state index in [1.54, 1.807) is 0 Å². The standard InChI is InChI=1S/C8H15N3O2/c9-6-1-2-11(4-6)5-7-3-10-8(12)13-7/h6-7H,1-5,9H2,(H,10,12)/t6-,7+/m1/s1. The molecule has 5 nitrogen and oxygen atoms in total. The van der Waals surface area contributed by atoms with E-state index < -0.39 is 0 Å². The summed E-state index contributed by atoms with van der Waals surface area (Å²) in [6.45, 7) is 3.39. The first-order chi connectivity index (χ1) is 6.24. The number of nitrogens with two attached hydrogens (primary N) is 1. The van der Waals surface area contributed by atoms with Crippen LogP contribution in [0.4, 0.5) is 4.79 Å². The second-order valence-corrected chi connectivity index (χ2v) is 3.72. The summed E-state index contributed by atoms with van der Waals surface area (Å²) in [6.07, 6.45) is 0.764. The van der Waals surface area contributed by atoms with Crippen molar-refractivity contribution in [3.63, 3.8) is 0 Å². The Bertz CT molecular complexity index is 210. The fraction of sp³-hybridized carbons (Fsp3) is 0.875. The second kappa shape index (κ2) is 3.51. The number of rotatable bonds is 2. The lowest BCUT2D eigenvalue weighted by Gasteiger charge is -2.17. The maximum atomic E-state index is 10.7. The molecule has 0 radical (unpaired) electrons. The number of nitrogens with zero attached hydrogens (tertiary/aromatic N) is 1. The second-order valence-electron chi connectivity index (χ2n) is 3.72.